The first-order chi connectivity index (χ1) is 13.0. The summed E-state index contributed by atoms with van der Waals surface area (Å²) in [6.45, 7) is 3.47. The topological polar surface area (TPSA) is 71.9 Å². The first-order valence-electron chi connectivity index (χ1n) is 8.74. The van der Waals surface area contributed by atoms with Crippen LogP contribution in [-0.2, 0) is 11.3 Å². The molecule has 0 saturated heterocycles. The molecule has 6 nitrogen and oxygen atoms in total. The summed E-state index contributed by atoms with van der Waals surface area (Å²) < 4.78 is 18.7. The van der Waals surface area contributed by atoms with Gasteiger partial charge in [0.05, 0.1) is 13.7 Å². The van der Waals surface area contributed by atoms with Gasteiger partial charge < -0.3 is 20.3 Å². The summed E-state index contributed by atoms with van der Waals surface area (Å²) in [4.78, 5) is 24.8. The molecule has 27 heavy (non-hydrogen) atoms. The summed E-state index contributed by atoms with van der Waals surface area (Å²) in [6.07, 6.45) is 0. The Balaban J connectivity index is 1.94. The highest BCUT2D eigenvalue weighted by atomic mass is 19.1. The Morgan fingerprint density at radius 1 is 1.15 bits per heavy atom. The summed E-state index contributed by atoms with van der Waals surface area (Å²) in [5, 5.41) is 5.37. The van der Waals surface area contributed by atoms with Crippen LogP contribution in [0.4, 0.5) is 10.1 Å². The fraction of sp³-hybridized carbons (Fsp3) is 0.300. The van der Waals surface area contributed by atoms with Crippen molar-refractivity contribution in [1.29, 1.82) is 0 Å². The second-order valence-corrected chi connectivity index (χ2v) is 6.13. The van der Waals surface area contributed by atoms with E-state index in [1.165, 1.54) is 13.2 Å². The Hall–Kier alpha value is -2.93. The van der Waals surface area contributed by atoms with E-state index in [9.17, 15) is 14.0 Å². The monoisotopic (exact) mass is 374 g/mol. The molecule has 7 heteroatoms. The smallest absolute Gasteiger partial charge is 0.279 e. The number of hydrogen-bond acceptors (Lipinski definition) is 3. The number of anilines is 1. The number of carbonyl (C=O) groups is 2. The van der Waals surface area contributed by atoms with Crippen LogP contribution < -0.4 is 20.3 Å². The van der Waals surface area contributed by atoms with Crippen LogP contribution in [0.1, 0.15) is 22.8 Å². The number of ether oxygens (including phenoxy) is 1. The molecule has 0 spiro atoms. The van der Waals surface area contributed by atoms with E-state index >= 15 is 0 Å². The lowest BCUT2D eigenvalue weighted by molar-refractivity contribution is -0.903. The van der Waals surface area contributed by atoms with Crippen molar-refractivity contribution in [2.75, 3.05) is 32.6 Å². The Morgan fingerprint density at radius 2 is 1.85 bits per heavy atom. The lowest BCUT2D eigenvalue weighted by Gasteiger charge is -2.17. The molecule has 0 fully saturated rings. The third kappa shape index (κ3) is 5.79. The van der Waals surface area contributed by atoms with Gasteiger partial charge in [-0.3, -0.25) is 9.59 Å². The van der Waals surface area contributed by atoms with Gasteiger partial charge in [0.25, 0.3) is 11.8 Å². The van der Waals surface area contributed by atoms with Crippen molar-refractivity contribution in [3.63, 3.8) is 0 Å². The quantitative estimate of drug-likeness (QED) is 0.651. The van der Waals surface area contributed by atoms with Gasteiger partial charge in [0, 0.05) is 23.9 Å². The molecule has 0 aromatic heterocycles. The van der Waals surface area contributed by atoms with Gasteiger partial charge >= 0.3 is 0 Å². The first kappa shape index (κ1) is 20.4. The average molecular weight is 374 g/mol. The summed E-state index contributed by atoms with van der Waals surface area (Å²) in [7, 11) is 2.99. The normalized spacial score (nSPS) is 11.6. The van der Waals surface area contributed by atoms with Gasteiger partial charge in [-0.1, -0.05) is 0 Å². The molecule has 0 aliphatic carbocycles. The molecule has 0 bridgehead atoms. The molecule has 2 aromatic rings. The zero-order chi connectivity index (χ0) is 19.8. The number of benzene rings is 2. The number of likely N-dealkylation sites (N-methyl/N-ethyl adjacent to an activating group) is 1. The van der Waals surface area contributed by atoms with Crippen molar-refractivity contribution in [2.24, 2.45) is 0 Å². The van der Waals surface area contributed by atoms with E-state index in [1.807, 2.05) is 6.92 Å². The maximum absolute atomic E-state index is 13.8. The molecule has 0 aliphatic heterocycles. The molecule has 0 radical (unpaired) electrons. The van der Waals surface area contributed by atoms with Crippen LogP contribution in [0.5, 0.6) is 5.75 Å². The Kier molecular flexibility index (Phi) is 7.31. The van der Waals surface area contributed by atoms with E-state index < -0.39 is 5.82 Å². The Labute approximate surface area is 158 Å². The third-order valence-electron chi connectivity index (χ3n) is 4.24. The van der Waals surface area contributed by atoms with E-state index in [1.54, 1.807) is 43.4 Å². The van der Waals surface area contributed by atoms with Crippen LogP contribution in [0.2, 0.25) is 0 Å². The number of rotatable bonds is 8. The molecule has 0 saturated carbocycles. The standard InChI is InChI=1S/C20H24FN3O3/c1-4-24(12-14-5-10-18(27-3)17(21)11-14)13-19(25)23-16-8-6-15(7-9-16)20(26)22-2/h5-11H,4,12-13H2,1-3H3,(H,22,26)(H,23,25)/p+1. The molecule has 0 heterocycles. The number of nitrogens with one attached hydrogen (secondary N) is 3. The van der Waals surface area contributed by atoms with Gasteiger partial charge in [0.2, 0.25) is 0 Å². The van der Waals surface area contributed by atoms with Gasteiger partial charge in [-0.2, -0.15) is 0 Å². The van der Waals surface area contributed by atoms with E-state index in [0.717, 1.165) is 17.0 Å². The van der Waals surface area contributed by atoms with Crippen LogP contribution in [0.25, 0.3) is 0 Å². The van der Waals surface area contributed by atoms with Crippen molar-refractivity contribution in [2.45, 2.75) is 13.5 Å². The number of hydrogen-bond donors (Lipinski definition) is 3. The minimum atomic E-state index is -0.411. The lowest BCUT2D eigenvalue weighted by atomic mass is 10.2. The minimum Gasteiger partial charge on any atom is -0.494 e. The lowest BCUT2D eigenvalue weighted by Crippen LogP contribution is -3.11. The van der Waals surface area contributed by atoms with Crippen LogP contribution in [0.15, 0.2) is 42.5 Å². The van der Waals surface area contributed by atoms with E-state index in [-0.39, 0.29) is 24.1 Å². The van der Waals surface area contributed by atoms with E-state index in [4.69, 9.17) is 4.74 Å². The van der Waals surface area contributed by atoms with Gasteiger partial charge in [-0.25, -0.2) is 4.39 Å². The molecule has 1 atom stereocenters. The minimum absolute atomic E-state index is 0.145. The maximum Gasteiger partial charge on any atom is 0.279 e. The van der Waals surface area contributed by atoms with E-state index in [0.29, 0.717) is 17.8 Å². The van der Waals surface area contributed by atoms with Gasteiger partial charge in [0.1, 0.15) is 6.54 Å². The fourth-order valence-electron chi connectivity index (χ4n) is 2.70. The highest BCUT2D eigenvalue weighted by molar-refractivity contribution is 5.95. The molecular weight excluding hydrogens is 349 g/mol. The largest absolute Gasteiger partial charge is 0.494 e. The molecular formula is C20H25FN3O3+. The van der Waals surface area contributed by atoms with Crippen LogP contribution in [0, 0.1) is 5.82 Å². The van der Waals surface area contributed by atoms with Crippen molar-refractivity contribution in [3.05, 3.63) is 59.4 Å². The summed E-state index contributed by atoms with van der Waals surface area (Å²) in [5.74, 6) is -0.532. The zero-order valence-corrected chi connectivity index (χ0v) is 15.8. The summed E-state index contributed by atoms with van der Waals surface area (Å²) in [6, 6.07) is 11.5. The Bertz CT molecular complexity index is 794. The van der Waals surface area contributed by atoms with E-state index in [2.05, 4.69) is 10.6 Å². The van der Waals surface area contributed by atoms with Crippen LogP contribution in [0.3, 0.4) is 0 Å². The number of methoxy groups -OCH3 is 1. The van der Waals surface area contributed by atoms with Crippen molar-refractivity contribution in [1.82, 2.24) is 5.32 Å². The van der Waals surface area contributed by atoms with Crippen LogP contribution in [-0.4, -0.2) is 39.1 Å². The fourth-order valence-corrected chi connectivity index (χ4v) is 2.70. The van der Waals surface area contributed by atoms with Gasteiger partial charge in [0.15, 0.2) is 18.1 Å². The summed E-state index contributed by atoms with van der Waals surface area (Å²) >= 11 is 0. The number of halogens is 1. The third-order valence-corrected chi connectivity index (χ3v) is 4.24. The van der Waals surface area contributed by atoms with Crippen molar-refractivity contribution >= 4 is 17.5 Å². The summed E-state index contributed by atoms with van der Waals surface area (Å²) in [5.41, 5.74) is 1.95. The molecule has 3 N–H and O–H groups in total. The SMILES string of the molecule is CC[NH+](CC(=O)Nc1ccc(C(=O)NC)cc1)Cc1ccc(OC)c(F)c1. The molecule has 2 aromatic carbocycles. The maximum atomic E-state index is 13.8. The molecule has 2 amide bonds. The number of quaternary nitrogens is 1. The highest BCUT2D eigenvalue weighted by Gasteiger charge is 2.15. The van der Waals surface area contributed by atoms with Crippen molar-refractivity contribution < 1.29 is 23.6 Å². The number of amides is 2. The van der Waals surface area contributed by atoms with Crippen molar-refractivity contribution in [3.8, 4) is 5.75 Å². The molecule has 1 unspecified atom stereocenters. The Morgan fingerprint density at radius 3 is 2.41 bits per heavy atom. The predicted molar refractivity (Wildman–Crippen MR) is 101 cm³/mol. The predicted octanol–water partition coefficient (Wildman–Crippen LogP) is 1.24. The number of carbonyl (C=O) groups excluding carboxylic acids is 2. The second-order valence-electron chi connectivity index (χ2n) is 6.13. The highest BCUT2D eigenvalue weighted by Crippen LogP contribution is 2.17. The van der Waals surface area contributed by atoms with Gasteiger partial charge in [-0.05, 0) is 49.4 Å². The first-order valence-corrected chi connectivity index (χ1v) is 8.74. The van der Waals surface area contributed by atoms with Gasteiger partial charge in [-0.15, -0.1) is 0 Å². The average Bonchev–Trinajstić information content (AvgIpc) is 2.67. The molecule has 2 rings (SSSR count). The molecule has 0 aliphatic rings. The molecule has 144 valence electrons. The zero-order valence-electron chi connectivity index (χ0n) is 15.8. The second kappa shape index (κ2) is 9.68. The van der Waals surface area contributed by atoms with Crippen LogP contribution >= 0.6 is 0 Å².